The van der Waals surface area contributed by atoms with Crippen LogP contribution in [0.2, 0.25) is 0 Å². The number of nitrogens with zero attached hydrogens (tertiary/aromatic N) is 1. The third-order valence-electron chi connectivity index (χ3n) is 3.44. The molecular weight excluding hydrogens is 322 g/mol. The topological polar surface area (TPSA) is 49.8 Å². The van der Waals surface area contributed by atoms with Gasteiger partial charge in [-0.3, -0.25) is 4.79 Å². The van der Waals surface area contributed by atoms with Crippen molar-refractivity contribution < 1.29 is 14.6 Å². The monoisotopic (exact) mass is 345 g/mol. The number of carbonyl (C=O) groups excluding carboxylic acids is 1. The summed E-state index contributed by atoms with van der Waals surface area (Å²) in [6, 6.07) is 17.5. The van der Waals surface area contributed by atoms with Crippen LogP contribution in [0.25, 0.3) is 0 Å². The molecule has 0 aliphatic carbocycles. The van der Waals surface area contributed by atoms with Gasteiger partial charge in [-0.2, -0.15) is 0 Å². The summed E-state index contributed by atoms with van der Waals surface area (Å²) in [5.74, 6) is 1.20. The van der Waals surface area contributed by atoms with Crippen LogP contribution in [0.5, 0.6) is 5.75 Å². The highest BCUT2D eigenvalue weighted by atomic mass is 32.2. The maximum absolute atomic E-state index is 12.4. The van der Waals surface area contributed by atoms with E-state index in [4.69, 9.17) is 4.74 Å². The molecule has 0 bridgehead atoms. The lowest BCUT2D eigenvalue weighted by Gasteiger charge is -2.21. The fourth-order valence-corrected chi connectivity index (χ4v) is 3.05. The minimum atomic E-state index is -0.0354. The molecule has 0 spiro atoms. The second-order valence-corrected chi connectivity index (χ2v) is 6.27. The molecule has 4 nitrogen and oxygen atoms in total. The lowest BCUT2D eigenvalue weighted by Crippen LogP contribution is -2.34. The Balaban J connectivity index is 1.90. The molecule has 2 aromatic rings. The minimum absolute atomic E-state index is 0.0202. The van der Waals surface area contributed by atoms with Crippen molar-refractivity contribution >= 4 is 17.7 Å². The van der Waals surface area contributed by atoms with Crippen molar-refractivity contribution in [1.29, 1.82) is 0 Å². The molecule has 0 atom stereocenters. The van der Waals surface area contributed by atoms with Crippen molar-refractivity contribution in [3.05, 3.63) is 60.2 Å². The van der Waals surface area contributed by atoms with Crippen LogP contribution >= 0.6 is 11.8 Å². The maximum atomic E-state index is 12.4. The second-order valence-electron chi connectivity index (χ2n) is 5.22. The molecule has 0 aliphatic heterocycles. The van der Waals surface area contributed by atoms with E-state index in [1.165, 1.54) is 11.8 Å². The zero-order valence-corrected chi connectivity index (χ0v) is 14.7. The average Bonchev–Trinajstić information content (AvgIpc) is 2.62. The van der Waals surface area contributed by atoms with Gasteiger partial charge in [0.05, 0.1) is 19.0 Å². The van der Waals surface area contributed by atoms with Crippen LogP contribution in [0, 0.1) is 0 Å². The molecule has 0 aromatic heterocycles. The Hall–Kier alpha value is -1.98. The number of hydrogen-bond acceptors (Lipinski definition) is 4. The summed E-state index contributed by atoms with van der Waals surface area (Å²) in [5.41, 5.74) is 1.06. The zero-order valence-electron chi connectivity index (χ0n) is 13.9. The Morgan fingerprint density at radius 1 is 1.12 bits per heavy atom. The van der Waals surface area contributed by atoms with Gasteiger partial charge in [-0.25, -0.2) is 0 Å². The summed E-state index contributed by atoms with van der Waals surface area (Å²) in [4.78, 5) is 15.2. The molecule has 0 fully saturated rings. The number of carbonyl (C=O) groups is 1. The molecule has 5 heteroatoms. The molecule has 2 rings (SSSR count). The molecule has 2 aromatic carbocycles. The molecule has 128 valence electrons. The summed E-state index contributed by atoms with van der Waals surface area (Å²) >= 11 is 1.49. The number of thioether (sulfide) groups is 1. The van der Waals surface area contributed by atoms with Gasteiger partial charge in [-0.15, -0.1) is 11.8 Å². The van der Waals surface area contributed by atoms with Crippen LogP contribution < -0.4 is 4.74 Å². The molecule has 0 heterocycles. The standard InChI is InChI=1S/C19H23NO3S/c1-2-23-17-8-10-18(11-9-17)24-15-19(22)20(12-13-21)14-16-6-4-3-5-7-16/h3-11,21H,2,12-15H2,1H3. The van der Waals surface area contributed by atoms with Crippen molar-refractivity contribution in [2.24, 2.45) is 0 Å². The Bertz CT molecular complexity index is 616. The quantitative estimate of drug-likeness (QED) is 0.709. The van der Waals surface area contributed by atoms with Crippen LogP contribution in [0.1, 0.15) is 12.5 Å². The molecule has 0 saturated heterocycles. The predicted octanol–water partition coefficient (Wildman–Crippen LogP) is 3.20. The largest absolute Gasteiger partial charge is 0.494 e. The Labute approximate surface area is 147 Å². The summed E-state index contributed by atoms with van der Waals surface area (Å²) in [6.45, 7) is 3.42. The SMILES string of the molecule is CCOc1ccc(SCC(=O)N(CCO)Cc2ccccc2)cc1. The third-order valence-corrected chi connectivity index (χ3v) is 4.43. The first-order chi connectivity index (χ1) is 11.7. The van der Waals surface area contributed by atoms with Gasteiger partial charge in [-0.05, 0) is 36.8 Å². The number of amides is 1. The van der Waals surface area contributed by atoms with Gasteiger partial charge in [0.15, 0.2) is 0 Å². The predicted molar refractivity (Wildman–Crippen MR) is 97.3 cm³/mol. The minimum Gasteiger partial charge on any atom is -0.494 e. The Kier molecular flexibility index (Phi) is 7.65. The Morgan fingerprint density at radius 3 is 2.46 bits per heavy atom. The first kappa shape index (κ1) is 18.4. The fourth-order valence-electron chi connectivity index (χ4n) is 2.25. The molecule has 0 saturated carbocycles. The number of aliphatic hydroxyl groups excluding tert-OH is 1. The molecule has 1 amide bonds. The van der Waals surface area contributed by atoms with Crippen LogP contribution in [0.4, 0.5) is 0 Å². The van der Waals surface area contributed by atoms with E-state index in [1.807, 2.05) is 61.5 Å². The number of ether oxygens (including phenoxy) is 1. The van der Waals surface area contributed by atoms with E-state index in [2.05, 4.69) is 0 Å². The van der Waals surface area contributed by atoms with Crippen molar-refractivity contribution in [3.8, 4) is 5.75 Å². The second kappa shape index (κ2) is 10.0. The van der Waals surface area contributed by atoms with Crippen molar-refractivity contribution in [1.82, 2.24) is 4.90 Å². The van der Waals surface area contributed by atoms with E-state index >= 15 is 0 Å². The van der Waals surface area contributed by atoms with Gasteiger partial charge in [0.1, 0.15) is 5.75 Å². The smallest absolute Gasteiger partial charge is 0.233 e. The lowest BCUT2D eigenvalue weighted by atomic mass is 10.2. The van der Waals surface area contributed by atoms with E-state index < -0.39 is 0 Å². The van der Waals surface area contributed by atoms with Crippen LogP contribution in [0.3, 0.4) is 0 Å². The number of hydrogen-bond donors (Lipinski definition) is 1. The van der Waals surface area contributed by atoms with Gasteiger partial charge >= 0.3 is 0 Å². The third kappa shape index (κ3) is 5.91. The van der Waals surface area contributed by atoms with Gasteiger partial charge in [0, 0.05) is 18.0 Å². The van der Waals surface area contributed by atoms with Crippen LogP contribution in [-0.2, 0) is 11.3 Å². The number of aliphatic hydroxyl groups is 1. The first-order valence-corrected chi connectivity index (χ1v) is 8.99. The molecule has 24 heavy (non-hydrogen) atoms. The molecular formula is C19H23NO3S. The fraction of sp³-hybridized carbons (Fsp3) is 0.316. The highest BCUT2D eigenvalue weighted by molar-refractivity contribution is 8.00. The summed E-state index contributed by atoms with van der Waals surface area (Å²) in [6.07, 6.45) is 0. The maximum Gasteiger partial charge on any atom is 0.233 e. The van der Waals surface area contributed by atoms with Gasteiger partial charge in [0.2, 0.25) is 5.91 Å². The van der Waals surface area contributed by atoms with E-state index in [0.717, 1.165) is 16.2 Å². The van der Waals surface area contributed by atoms with Crippen molar-refractivity contribution in [3.63, 3.8) is 0 Å². The van der Waals surface area contributed by atoms with Gasteiger partial charge < -0.3 is 14.7 Å². The van der Waals surface area contributed by atoms with E-state index in [9.17, 15) is 9.90 Å². The van der Waals surface area contributed by atoms with Gasteiger partial charge in [-0.1, -0.05) is 30.3 Å². The average molecular weight is 345 g/mol. The molecule has 0 unspecified atom stereocenters. The Morgan fingerprint density at radius 2 is 1.83 bits per heavy atom. The summed E-state index contributed by atoms with van der Waals surface area (Å²) < 4.78 is 5.41. The normalized spacial score (nSPS) is 10.4. The van der Waals surface area contributed by atoms with E-state index in [1.54, 1.807) is 4.90 Å². The molecule has 1 N–H and O–H groups in total. The highest BCUT2D eigenvalue weighted by Gasteiger charge is 2.14. The van der Waals surface area contributed by atoms with Gasteiger partial charge in [0.25, 0.3) is 0 Å². The zero-order chi connectivity index (χ0) is 17.2. The number of benzene rings is 2. The molecule has 0 aliphatic rings. The lowest BCUT2D eigenvalue weighted by molar-refractivity contribution is -0.129. The first-order valence-electron chi connectivity index (χ1n) is 8.01. The van der Waals surface area contributed by atoms with E-state index in [0.29, 0.717) is 25.4 Å². The summed E-state index contributed by atoms with van der Waals surface area (Å²) in [5, 5.41) is 9.22. The van der Waals surface area contributed by atoms with Crippen molar-refractivity contribution in [2.45, 2.75) is 18.4 Å². The van der Waals surface area contributed by atoms with Crippen LogP contribution in [-0.4, -0.2) is 41.4 Å². The number of rotatable bonds is 9. The molecule has 0 radical (unpaired) electrons. The van der Waals surface area contributed by atoms with E-state index in [-0.39, 0.29) is 12.5 Å². The summed E-state index contributed by atoms with van der Waals surface area (Å²) in [7, 11) is 0. The van der Waals surface area contributed by atoms with Crippen LogP contribution in [0.15, 0.2) is 59.5 Å². The highest BCUT2D eigenvalue weighted by Crippen LogP contribution is 2.22. The van der Waals surface area contributed by atoms with Crippen molar-refractivity contribution in [2.75, 3.05) is 25.5 Å².